The molecule has 1 saturated carbocycles. The van der Waals surface area contributed by atoms with Crippen LogP contribution in [0.1, 0.15) is 48.9 Å². The maximum atomic E-state index is 12.5. The Bertz CT molecular complexity index is 697. The van der Waals surface area contributed by atoms with Crippen molar-refractivity contribution >= 4 is 5.91 Å². The zero-order valence-corrected chi connectivity index (χ0v) is 14.7. The number of aromatic nitrogens is 3. The maximum Gasteiger partial charge on any atom is 0.251 e. The summed E-state index contributed by atoms with van der Waals surface area (Å²) in [5.41, 5.74) is 1.58. The Kier molecular flexibility index (Phi) is 5.48. The molecular formula is C19H26N4O2. The van der Waals surface area contributed by atoms with Gasteiger partial charge in [0.1, 0.15) is 6.33 Å². The summed E-state index contributed by atoms with van der Waals surface area (Å²) in [5.74, 6) is 0.585. The molecule has 0 atom stereocenters. The number of nitrogens with one attached hydrogen (secondary N) is 1. The predicted molar refractivity (Wildman–Crippen MR) is 96.0 cm³/mol. The number of carbonyl (C=O) groups excluding carboxylic acids is 1. The van der Waals surface area contributed by atoms with Crippen molar-refractivity contribution in [2.45, 2.75) is 38.5 Å². The minimum Gasteiger partial charge on any atom is -0.396 e. The van der Waals surface area contributed by atoms with Crippen LogP contribution in [0.2, 0.25) is 0 Å². The lowest BCUT2D eigenvalue weighted by molar-refractivity contribution is 0.0869. The fourth-order valence-electron chi connectivity index (χ4n) is 3.67. The monoisotopic (exact) mass is 342 g/mol. The normalized spacial score (nSPS) is 16.6. The van der Waals surface area contributed by atoms with E-state index in [0.717, 1.165) is 24.8 Å². The summed E-state index contributed by atoms with van der Waals surface area (Å²) in [6, 6.07) is 7.35. The number of aliphatic hydroxyl groups excluding tert-OH is 1. The Morgan fingerprint density at radius 3 is 2.56 bits per heavy atom. The summed E-state index contributed by atoms with van der Waals surface area (Å²) in [6.07, 6.45) is 8.20. The van der Waals surface area contributed by atoms with Crippen molar-refractivity contribution in [1.82, 2.24) is 20.1 Å². The lowest BCUT2D eigenvalue weighted by atomic mass is 9.72. The SMILES string of the molecule is Cn1cnc(-c2ccc(C(=O)NCC3(CCO)CCCCC3)cc2)n1. The van der Waals surface area contributed by atoms with Crippen LogP contribution >= 0.6 is 0 Å². The van der Waals surface area contributed by atoms with Gasteiger partial charge >= 0.3 is 0 Å². The van der Waals surface area contributed by atoms with Crippen LogP contribution in [-0.2, 0) is 7.05 Å². The van der Waals surface area contributed by atoms with Crippen molar-refractivity contribution < 1.29 is 9.90 Å². The Balaban J connectivity index is 1.62. The summed E-state index contributed by atoms with van der Waals surface area (Å²) in [4.78, 5) is 16.7. The lowest BCUT2D eigenvalue weighted by Gasteiger charge is -2.37. The molecule has 2 aromatic rings. The molecule has 0 unspecified atom stereocenters. The molecule has 0 spiro atoms. The van der Waals surface area contributed by atoms with E-state index in [9.17, 15) is 9.90 Å². The number of aryl methyl sites for hydroxylation is 1. The Hall–Kier alpha value is -2.21. The number of hydrogen-bond acceptors (Lipinski definition) is 4. The molecule has 0 saturated heterocycles. The van der Waals surface area contributed by atoms with Gasteiger partial charge in [-0.25, -0.2) is 4.98 Å². The summed E-state index contributed by atoms with van der Waals surface area (Å²) in [5, 5.41) is 16.7. The van der Waals surface area contributed by atoms with Crippen LogP contribution in [0.25, 0.3) is 11.4 Å². The molecule has 25 heavy (non-hydrogen) atoms. The molecule has 2 N–H and O–H groups in total. The van der Waals surface area contributed by atoms with Crippen molar-refractivity contribution in [2.75, 3.05) is 13.2 Å². The summed E-state index contributed by atoms with van der Waals surface area (Å²) in [6.45, 7) is 0.817. The fourth-order valence-corrected chi connectivity index (χ4v) is 3.67. The van der Waals surface area contributed by atoms with Gasteiger partial charge in [0.25, 0.3) is 5.91 Å². The molecule has 0 radical (unpaired) electrons. The van der Waals surface area contributed by atoms with Crippen molar-refractivity contribution in [3.8, 4) is 11.4 Å². The molecule has 6 heteroatoms. The topological polar surface area (TPSA) is 80.0 Å². The van der Waals surface area contributed by atoms with E-state index >= 15 is 0 Å². The van der Waals surface area contributed by atoms with Crippen LogP contribution in [-0.4, -0.2) is 38.9 Å². The van der Waals surface area contributed by atoms with Crippen LogP contribution in [0, 0.1) is 5.41 Å². The van der Waals surface area contributed by atoms with E-state index in [4.69, 9.17) is 0 Å². The Labute approximate surface area is 148 Å². The number of nitrogens with zero attached hydrogens (tertiary/aromatic N) is 3. The van der Waals surface area contributed by atoms with E-state index in [1.807, 2.05) is 19.2 Å². The van der Waals surface area contributed by atoms with E-state index in [1.54, 1.807) is 23.1 Å². The highest BCUT2D eigenvalue weighted by Gasteiger charge is 2.31. The van der Waals surface area contributed by atoms with Gasteiger partial charge < -0.3 is 10.4 Å². The summed E-state index contributed by atoms with van der Waals surface area (Å²) >= 11 is 0. The summed E-state index contributed by atoms with van der Waals surface area (Å²) < 4.78 is 1.65. The molecular weight excluding hydrogens is 316 g/mol. The molecule has 1 fully saturated rings. The molecule has 0 aliphatic heterocycles. The Morgan fingerprint density at radius 1 is 1.24 bits per heavy atom. The van der Waals surface area contributed by atoms with Crippen molar-refractivity contribution in [3.05, 3.63) is 36.2 Å². The molecule has 1 heterocycles. The first-order valence-electron chi connectivity index (χ1n) is 8.97. The predicted octanol–water partition coefficient (Wildman–Crippen LogP) is 2.54. The standard InChI is InChI=1S/C19H26N4O2/c1-23-14-21-17(22-23)15-5-7-16(8-6-15)18(25)20-13-19(11-12-24)9-3-2-4-10-19/h5-8,14,24H,2-4,9-13H2,1H3,(H,20,25). The van der Waals surface area contributed by atoms with E-state index in [0.29, 0.717) is 17.9 Å². The molecule has 1 amide bonds. The van der Waals surface area contributed by atoms with E-state index < -0.39 is 0 Å². The molecule has 3 rings (SSSR count). The number of hydrogen-bond donors (Lipinski definition) is 2. The highest BCUT2D eigenvalue weighted by atomic mass is 16.3. The zero-order chi connectivity index (χ0) is 17.7. The number of benzene rings is 1. The minimum atomic E-state index is -0.0663. The largest absolute Gasteiger partial charge is 0.396 e. The molecule has 134 valence electrons. The van der Waals surface area contributed by atoms with Crippen molar-refractivity contribution in [2.24, 2.45) is 12.5 Å². The maximum absolute atomic E-state index is 12.5. The van der Waals surface area contributed by atoms with Crippen LogP contribution in [0.3, 0.4) is 0 Å². The Morgan fingerprint density at radius 2 is 1.96 bits per heavy atom. The molecule has 1 aromatic carbocycles. The highest BCUT2D eigenvalue weighted by Crippen LogP contribution is 2.38. The van der Waals surface area contributed by atoms with Gasteiger partial charge in [0.2, 0.25) is 0 Å². The van der Waals surface area contributed by atoms with E-state index in [-0.39, 0.29) is 17.9 Å². The third-order valence-electron chi connectivity index (χ3n) is 5.19. The first-order chi connectivity index (χ1) is 12.1. The fraction of sp³-hybridized carbons (Fsp3) is 0.526. The van der Waals surface area contributed by atoms with Gasteiger partial charge in [-0.15, -0.1) is 0 Å². The van der Waals surface area contributed by atoms with E-state index in [2.05, 4.69) is 15.4 Å². The van der Waals surface area contributed by atoms with Gasteiger partial charge in [-0.1, -0.05) is 31.4 Å². The number of amides is 1. The van der Waals surface area contributed by atoms with Crippen LogP contribution < -0.4 is 5.32 Å². The van der Waals surface area contributed by atoms with Gasteiger partial charge in [-0.3, -0.25) is 9.48 Å². The average Bonchev–Trinajstić information content (AvgIpc) is 3.07. The highest BCUT2D eigenvalue weighted by molar-refractivity contribution is 5.94. The van der Waals surface area contributed by atoms with Gasteiger partial charge in [-0.05, 0) is 36.8 Å². The second kappa shape index (κ2) is 7.78. The number of aliphatic hydroxyl groups is 1. The van der Waals surface area contributed by atoms with Gasteiger partial charge in [0.05, 0.1) is 0 Å². The van der Waals surface area contributed by atoms with Gasteiger partial charge in [0.15, 0.2) is 5.82 Å². The average molecular weight is 342 g/mol. The minimum absolute atomic E-state index is 0.0560. The van der Waals surface area contributed by atoms with Gasteiger partial charge in [0, 0.05) is 31.3 Å². The van der Waals surface area contributed by atoms with Crippen molar-refractivity contribution in [1.29, 1.82) is 0 Å². The molecule has 1 aliphatic rings. The first-order valence-corrected chi connectivity index (χ1v) is 8.97. The lowest BCUT2D eigenvalue weighted by Crippen LogP contribution is -2.39. The smallest absolute Gasteiger partial charge is 0.251 e. The van der Waals surface area contributed by atoms with Gasteiger partial charge in [-0.2, -0.15) is 5.10 Å². The first kappa shape index (κ1) is 17.6. The van der Waals surface area contributed by atoms with E-state index in [1.165, 1.54) is 19.3 Å². The quantitative estimate of drug-likeness (QED) is 0.845. The van der Waals surface area contributed by atoms with Crippen LogP contribution in [0.4, 0.5) is 0 Å². The third kappa shape index (κ3) is 4.25. The second-order valence-electron chi connectivity index (χ2n) is 7.04. The number of rotatable bonds is 6. The molecule has 1 aromatic heterocycles. The van der Waals surface area contributed by atoms with Crippen molar-refractivity contribution in [3.63, 3.8) is 0 Å². The molecule has 1 aliphatic carbocycles. The zero-order valence-electron chi connectivity index (χ0n) is 14.7. The third-order valence-corrected chi connectivity index (χ3v) is 5.19. The summed E-state index contributed by atoms with van der Waals surface area (Å²) in [7, 11) is 1.83. The molecule has 6 nitrogen and oxygen atoms in total. The number of carbonyl (C=O) groups is 1. The second-order valence-corrected chi connectivity index (χ2v) is 7.04. The van der Waals surface area contributed by atoms with Crippen LogP contribution in [0.15, 0.2) is 30.6 Å². The molecule has 0 bridgehead atoms. The van der Waals surface area contributed by atoms with Crippen LogP contribution in [0.5, 0.6) is 0 Å².